The zero-order valence-electron chi connectivity index (χ0n) is 12.6. The first kappa shape index (κ1) is 16.2. The molecule has 0 spiro atoms. The summed E-state index contributed by atoms with van der Waals surface area (Å²) >= 11 is 0. The van der Waals surface area contributed by atoms with Crippen molar-refractivity contribution in [3.63, 3.8) is 0 Å². The van der Waals surface area contributed by atoms with Gasteiger partial charge >= 0.3 is 0 Å². The Labute approximate surface area is 132 Å². The van der Waals surface area contributed by atoms with Gasteiger partial charge in [0.05, 0.1) is 18.2 Å². The number of ether oxygens (including phenoxy) is 1. The van der Waals surface area contributed by atoms with Crippen molar-refractivity contribution in [2.24, 2.45) is 5.10 Å². The first-order valence-electron chi connectivity index (χ1n) is 6.74. The molecule has 118 valence electrons. The van der Waals surface area contributed by atoms with Gasteiger partial charge in [-0.2, -0.15) is 5.10 Å². The lowest BCUT2D eigenvalue weighted by Crippen LogP contribution is -2.17. The van der Waals surface area contributed by atoms with E-state index in [4.69, 9.17) is 4.74 Å². The molecule has 2 rings (SSSR count). The third-order valence-electron chi connectivity index (χ3n) is 3.16. The fraction of sp³-hybridized carbons (Fsp3) is 0.125. The molecule has 0 heterocycles. The minimum atomic E-state index is -0.489. The summed E-state index contributed by atoms with van der Waals surface area (Å²) < 4.78 is 5.17. The lowest BCUT2D eigenvalue weighted by molar-refractivity contribution is -0.385. The van der Waals surface area contributed by atoms with Crippen LogP contribution in [0.15, 0.2) is 47.6 Å². The topological polar surface area (TPSA) is 93.8 Å². The van der Waals surface area contributed by atoms with Gasteiger partial charge in [0.15, 0.2) is 0 Å². The smallest absolute Gasteiger partial charge is 0.272 e. The van der Waals surface area contributed by atoms with Crippen LogP contribution >= 0.6 is 0 Å². The number of para-hydroxylation sites is 1. The van der Waals surface area contributed by atoms with E-state index < -0.39 is 10.8 Å². The van der Waals surface area contributed by atoms with Gasteiger partial charge in [0.2, 0.25) is 0 Å². The van der Waals surface area contributed by atoms with Crippen LogP contribution < -0.4 is 10.2 Å². The number of nitro groups is 1. The lowest BCUT2D eigenvalue weighted by Gasteiger charge is -2.04. The second kappa shape index (κ2) is 7.17. The Morgan fingerprint density at radius 2 is 2.04 bits per heavy atom. The maximum atomic E-state index is 12.0. The number of hydrogen-bond donors (Lipinski definition) is 1. The predicted octanol–water partition coefficient (Wildman–Crippen LogP) is 2.68. The molecule has 0 bridgehead atoms. The summed E-state index contributed by atoms with van der Waals surface area (Å²) in [5, 5.41) is 14.6. The summed E-state index contributed by atoms with van der Waals surface area (Å²) in [5.74, 6) is 0.186. The molecule has 0 aliphatic heterocycles. The zero-order valence-corrected chi connectivity index (χ0v) is 12.6. The van der Waals surface area contributed by atoms with E-state index in [2.05, 4.69) is 10.5 Å². The second-order valence-electron chi connectivity index (χ2n) is 4.70. The number of amides is 1. The van der Waals surface area contributed by atoms with Gasteiger partial charge in [-0.15, -0.1) is 0 Å². The van der Waals surface area contributed by atoms with E-state index in [0.29, 0.717) is 16.9 Å². The molecule has 1 N–H and O–H groups in total. The van der Waals surface area contributed by atoms with E-state index in [1.807, 2.05) is 12.1 Å². The number of nitro benzene ring substituents is 1. The van der Waals surface area contributed by atoms with Crippen LogP contribution in [-0.4, -0.2) is 24.2 Å². The second-order valence-corrected chi connectivity index (χ2v) is 4.70. The predicted molar refractivity (Wildman–Crippen MR) is 85.9 cm³/mol. The van der Waals surface area contributed by atoms with Gasteiger partial charge in [-0.3, -0.25) is 14.9 Å². The summed E-state index contributed by atoms with van der Waals surface area (Å²) in [6.45, 7) is 1.58. The summed E-state index contributed by atoms with van der Waals surface area (Å²) in [6, 6.07) is 11.4. The molecule has 7 heteroatoms. The highest BCUT2D eigenvalue weighted by Crippen LogP contribution is 2.18. The Kier molecular flexibility index (Phi) is 5.03. The Morgan fingerprint density at radius 1 is 1.30 bits per heavy atom. The molecule has 1 amide bonds. The SMILES string of the molecule is COc1ccccc1C=NNC(=O)c1ccc([N+](=O)[O-])c(C)c1. The number of nitrogens with zero attached hydrogens (tertiary/aromatic N) is 2. The number of hydrazone groups is 1. The normalized spacial score (nSPS) is 10.5. The van der Waals surface area contributed by atoms with E-state index in [0.717, 1.165) is 5.56 Å². The number of carbonyl (C=O) groups excluding carboxylic acids is 1. The molecule has 0 aliphatic rings. The van der Waals surface area contributed by atoms with Crippen molar-refractivity contribution in [1.82, 2.24) is 5.43 Å². The summed E-state index contributed by atoms with van der Waals surface area (Å²) in [4.78, 5) is 22.3. The average molecular weight is 313 g/mol. The van der Waals surface area contributed by atoms with Crippen LogP contribution in [0.5, 0.6) is 5.75 Å². The monoisotopic (exact) mass is 313 g/mol. The first-order valence-corrected chi connectivity index (χ1v) is 6.74. The number of methoxy groups -OCH3 is 1. The summed E-state index contributed by atoms with van der Waals surface area (Å²) in [5.41, 5.74) is 3.78. The van der Waals surface area contributed by atoms with Crippen molar-refractivity contribution in [2.45, 2.75) is 6.92 Å². The van der Waals surface area contributed by atoms with E-state index in [-0.39, 0.29) is 5.69 Å². The average Bonchev–Trinajstić information content (AvgIpc) is 2.54. The molecule has 0 fully saturated rings. The molecule has 23 heavy (non-hydrogen) atoms. The van der Waals surface area contributed by atoms with Crippen LogP contribution in [-0.2, 0) is 0 Å². The molecule has 0 radical (unpaired) electrons. The molecule has 0 atom stereocenters. The third kappa shape index (κ3) is 3.91. The maximum Gasteiger partial charge on any atom is 0.272 e. The van der Waals surface area contributed by atoms with Gasteiger partial charge < -0.3 is 4.74 Å². The lowest BCUT2D eigenvalue weighted by atomic mass is 10.1. The number of carbonyl (C=O) groups is 1. The van der Waals surface area contributed by atoms with E-state index in [9.17, 15) is 14.9 Å². The highest BCUT2D eigenvalue weighted by Gasteiger charge is 2.13. The number of aryl methyl sites for hydroxylation is 1. The molecule has 0 aromatic heterocycles. The molecule has 7 nitrogen and oxygen atoms in total. The fourth-order valence-electron chi connectivity index (χ4n) is 2.00. The molecular weight excluding hydrogens is 298 g/mol. The van der Waals surface area contributed by atoms with E-state index >= 15 is 0 Å². The zero-order chi connectivity index (χ0) is 16.8. The van der Waals surface area contributed by atoms with Crippen molar-refractivity contribution in [2.75, 3.05) is 7.11 Å². The van der Waals surface area contributed by atoms with Crippen molar-refractivity contribution in [3.05, 3.63) is 69.3 Å². The van der Waals surface area contributed by atoms with E-state index in [1.165, 1.54) is 24.4 Å². The van der Waals surface area contributed by atoms with Crippen LogP contribution in [0.4, 0.5) is 5.69 Å². The highest BCUT2D eigenvalue weighted by atomic mass is 16.6. The fourth-order valence-corrected chi connectivity index (χ4v) is 2.00. The summed E-state index contributed by atoms with van der Waals surface area (Å²) in [6.07, 6.45) is 1.47. The van der Waals surface area contributed by atoms with E-state index in [1.54, 1.807) is 26.2 Å². The standard InChI is InChI=1S/C16H15N3O4/c1-11-9-12(7-8-14(11)19(21)22)16(20)18-17-10-13-5-3-4-6-15(13)23-2/h3-10H,1-2H3,(H,18,20). The van der Waals surface area contributed by atoms with Crippen LogP contribution in [0.2, 0.25) is 0 Å². The van der Waals surface area contributed by atoms with Crippen molar-refractivity contribution < 1.29 is 14.5 Å². The number of benzene rings is 2. The molecular formula is C16H15N3O4. The van der Waals surface area contributed by atoms with Gasteiger partial charge in [-0.05, 0) is 31.2 Å². The molecule has 2 aromatic rings. The minimum Gasteiger partial charge on any atom is -0.496 e. The number of rotatable bonds is 5. The van der Waals surface area contributed by atoms with Crippen molar-refractivity contribution in [1.29, 1.82) is 0 Å². The molecule has 0 unspecified atom stereocenters. The van der Waals surface area contributed by atoms with Crippen molar-refractivity contribution >= 4 is 17.8 Å². The molecule has 2 aromatic carbocycles. The van der Waals surface area contributed by atoms with Gasteiger partial charge in [0.25, 0.3) is 11.6 Å². The number of nitrogens with one attached hydrogen (secondary N) is 1. The Balaban J connectivity index is 2.09. The van der Waals surface area contributed by atoms with Gasteiger partial charge in [-0.25, -0.2) is 5.43 Å². The van der Waals surface area contributed by atoms with Crippen molar-refractivity contribution in [3.8, 4) is 5.75 Å². The number of hydrogen-bond acceptors (Lipinski definition) is 5. The maximum absolute atomic E-state index is 12.0. The largest absolute Gasteiger partial charge is 0.496 e. The van der Waals surface area contributed by atoms with Crippen LogP contribution in [0, 0.1) is 17.0 Å². The first-order chi connectivity index (χ1) is 11.0. The van der Waals surface area contributed by atoms with Gasteiger partial charge in [-0.1, -0.05) is 12.1 Å². The Bertz CT molecular complexity index is 772. The van der Waals surface area contributed by atoms with Crippen LogP contribution in [0.1, 0.15) is 21.5 Å². The Morgan fingerprint density at radius 3 is 2.70 bits per heavy atom. The van der Waals surface area contributed by atoms with Gasteiger partial charge in [0, 0.05) is 22.8 Å². The Hall–Kier alpha value is -3.22. The molecule has 0 saturated heterocycles. The summed E-state index contributed by atoms with van der Waals surface area (Å²) in [7, 11) is 1.55. The van der Waals surface area contributed by atoms with Crippen LogP contribution in [0.3, 0.4) is 0 Å². The molecule has 0 aliphatic carbocycles. The molecule has 0 saturated carbocycles. The quantitative estimate of drug-likeness (QED) is 0.521. The third-order valence-corrected chi connectivity index (χ3v) is 3.16. The van der Waals surface area contributed by atoms with Gasteiger partial charge in [0.1, 0.15) is 5.75 Å². The van der Waals surface area contributed by atoms with Crippen LogP contribution in [0.25, 0.3) is 0 Å². The highest BCUT2D eigenvalue weighted by molar-refractivity contribution is 5.95. The minimum absolute atomic E-state index is 0.0286.